The number of Topliss-reactive ketones (excluding diaryl/α,β-unsaturated/α-hetero) is 1. The topological polar surface area (TPSA) is 66.4 Å². The van der Waals surface area contributed by atoms with Crippen molar-refractivity contribution in [2.75, 3.05) is 13.2 Å². The van der Waals surface area contributed by atoms with Crippen molar-refractivity contribution in [2.45, 2.75) is 0 Å². The monoisotopic (exact) mass is 271 g/mol. The number of nitrogens with one attached hydrogen (secondary N) is 1. The number of halogens is 1. The molecule has 0 unspecified atom stereocenters. The van der Waals surface area contributed by atoms with Gasteiger partial charge in [-0.3, -0.25) is 9.59 Å². The number of carbonyl (C=O) groups is 2. The highest BCUT2D eigenvalue weighted by molar-refractivity contribution is 9.10. The van der Waals surface area contributed by atoms with Gasteiger partial charge in [0.05, 0.1) is 6.61 Å². The molecule has 0 aromatic heterocycles. The number of benzene rings is 1. The lowest BCUT2D eigenvalue weighted by molar-refractivity contribution is -0.117. The van der Waals surface area contributed by atoms with Gasteiger partial charge < -0.3 is 10.4 Å². The molecular weight excluding hydrogens is 262 g/mol. The van der Waals surface area contributed by atoms with Crippen LogP contribution in [0.4, 0.5) is 0 Å². The van der Waals surface area contributed by atoms with E-state index < -0.39 is 11.7 Å². The van der Waals surface area contributed by atoms with Gasteiger partial charge in [-0.1, -0.05) is 15.9 Å². The van der Waals surface area contributed by atoms with Crippen LogP contribution in [-0.2, 0) is 4.79 Å². The molecule has 1 rings (SSSR count). The summed E-state index contributed by atoms with van der Waals surface area (Å²) < 4.78 is 0.842. The molecule has 0 saturated heterocycles. The minimum absolute atomic E-state index is 0.0844. The molecule has 0 fully saturated rings. The molecule has 0 spiro atoms. The Labute approximate surface area is 95.4 Å². The Morgan fingerprint density at radius 2 is 1.87 bits per heavy atom. The molecule has 0 aliphatic carbocycles. The van der Waals surface area contributed by atoms with E-state index in [-0.39, 0.29) is 13.2 Å². The highest BCUT2D eigenvalue weighted by Gasteiger charge is 2.14. The van der Waals surface area contributed by atoms with Crippen LogP contribution in [0, 0.1) is 0 Å². The molecule has 4 nitrogen and oxygen atoms in total. The molecule has 80 valence electrons. The molecule has 2 N–H and O–H groups in total. The first-order valence-electron chi connectivity index (χ1n) is 4.34. The second kappa shape index (κ2) is 5.63. The minimum Gasteiger partial charge on any atom is -0.395 e. The summed E-state index contributed by atoms with van der Waals surface area (Å²) in [6.45, 7) is -0.0968. The van der Waals surface area contributed by atoms with Crippen LogP contribution in [-0.4, -0.2) is 29.9 Å². The van der Waals surface area contributed by atoms with Gasteiger partial charge in [0.1, 0.15) is 0 Å². The summed E-state index contributed by atoms with van der Waals surface area (Å²) in [5.74, 6) is -1.30. The number of hydrogen-bond donors (Lipinski definition) is 2. The van der Waals surface area contributed by atoms with Gasteiger partial charge in [0, 0.05) is 16.6 Å². The normalized spacial score (nSPS) is 9.73. The van der Waals surface area contributed by atoms with E-state index in [4.69, 9.17) is 5.11 Å². The second-order valence-corrected chi connectivity index (χ2v) is 3.73. The summed E-state index contributed by atoms with van der Waals surface area (Å²) in [4.78, 5) is 22.7. The lowest BCUT2D eigenvalue weighted by Gasteiger charge is -2.02. The molecule has 1 aromatic rings. The molecule has 0 radical (unpaired) electrons. The standard InChI is InChI=1S/C10H10BrNO3/c11-8-3-1-7(2-4-8)9(14)10(15)12-5-6-13/h1-4,13H,5-6H2,(H,12,15). The van der Waals surface area contributed by atoms with E-state index in [0.29, 0.717) is 5.56 Å². The van der Waals surface area contributed by atoms with Crippen LogP contribution >= 0.6 is 15.9 Å². The van der Waals surface area contributed by atoms with Crippen molar-refractivity contribution in [3.63, 3.8) is 0 Å². The third kappa shape index (κ3) is 3.45. The Morgan fingerprint density at radius 3 is 2.40 bits per heavy atom. The zero-order chi connectivity index (χ0) is 11.3. The first kappa shape index (κ1) is 11.9. The fourth-order valence-electron chi connectivity index (χ4n) is 0.982. The Morgan fingerprint density at radius 1 is 1.27 bits per heavy atom. The first-order chi connectivity index (χ1) is 7.15. The Bertz CT molecular complexity index is 361. The van der Waals surface area contributed by atoms with Crippen LogP contribution in [0.3, 0.4) is 0 Å². The van der Waals surface area contributed by atoms with Crippen LogP contribution in [0.2, 0.25) is 0 Å². The van der Waals surface area contributed by atoms with Crippen molar-refractivity contribution in [1.29, 1.82) is 0 Å². The predicted molar refractivity (Wildman–Crippen MR) is 58.6 cm³/mol. The molecule has 0 aliphatic heterocycles. The highest BCUT2D eigenvalue weighted by atomic mass is 79.9. The van der Waals surface area contributed by atoms with Gasteiger partial charge in [-0.25, -0.2) is 0 Å². The number of rotatable bonds is 4. The third-order valence-corrected chi connectivity index (χ3v) is 2.24. The van der Waals surface area contributed by atoms with Crippen LogP contribution < -0.4 is 5.32 Å². The maximum Gasteiger partial charge on any atom is 0.292 e. The van der Waals surface area contributed by atoms with Gasteiger partial charge in [-0.05, 0) is 24.3 Å². The molecule has 1 amide bonds. The van der Waals surface area contributed by atoms with Crippen molar-refractivity contribution in [1.82, 2.24) is 5.32 Å². The maximum atomic E-state index is 11.5. The summed E-state index contributed by atoms with van der Waals surface area (Å²) in [7, 11) is 0. The first-order valence-corrected chi connectivity index (χ1v) is 5.13. The Hall–Kier alpha value is -1.20. The summed E-state index contributed by atoms with van der Waals surface area (Å²) >= 11 is 3.23. The van der Waals surface area contributed by atoms with E-state index in [0.717, 1.165) is 4.47 Å². The van der Waals surface area contributed by atoms with Gasteiger partial charge in [-0.2, -0.15) is 0 Å². The molecule has 0 bridgehead atoms. The summed E-state index contributed by atoms with van der Waals surface area (Å²) in [5, 5.41) is 10.8. The average Bonchev–Trinajstić information content (AvgIpc) is 2.26. The van der Waals surface area contributed by atoms with Crippen LogP contribution in [0.5, 0.6) is 0 Å². The van der Waals surface area contributed by atoms with Gasteiger partial charge in [0.25, 0.3) is 5.91 Å². The number of aliphatic hydroxyl groups is 1. The molecule has 0 aliphatic rings. The van der Waals surface area contributed by atoms with E-state index in [1.54, 1.807) is 24.3 Å². The van der Waals surface area contributed by atoms with Crippen LogP contribution in [0.15, 0.2) is 28.7 Å². The Balaban J connectivity index is 2.68. The predicted octanol–water partition coefficient (Wildman–Crippen LogP) is 0.740. The molecular formula is C10H10BrNO3. The van der Waals surface area contributed by atoms with Crippen molar-refractivity contribution in [3.8, 4) is 0 Å². The second-order valence-electron chi connectivity index (χ2n) is 2.82. The smallest absolute Gasteiger partial charge is 0.292 e. The van der Waals surface area contributed by atoms with E-state index in [9.17, 15) is 9.59 Å². The molecule has 0 heterocycles. The van der Waals surface area contributed by atoms with Crippen molar-refractivity contribution in [3.05, 3.63) is 34.3 Å². The molecule has 1 aromatic carbocycles. The number of aliphatic hydroxyl groups excluding tert-OH is 1. The lowest BCUT2D eigenvalue weighted by atomic mass is 10.1. The summed E-state index contributed by atoms with van der Waals surface area (Å²) in [6, 6.07) is 6.50. The molecule has 5 heteroatoms. The minimum atomic E-state index is -0.702. The van der Waals surface area contributed by atoms with Gasteiger partial charge >= 0.3 is 0 Å². The van der Waals surface area contributed by atoms with Crippen LogP contribution in [0.1, 0.15) is 10.4 Å². The average molecular weight is 272 g/mol. The largest absolute Gasteiger partial charge is 0.395 e. The fourth-order valence-corrected chi connectivity index (χ4v) is 1.25. The number of carbonyl (C=O) groups excluding carboxylic acids is 2. The van der Waals surface area contributed by atoms with E-state index >= 15 is 0 Å². The number of hydrogen-bond acceptors (Lipinski definition) is 3. The zero-order valence-corrected chi connectivity index (χ0v) is 9.45. The Kier molecular flexibility index (Phi) is 4.45. The zero-order valence-electron chi connectivity index (χ0n) is 7.87. The summed E-state index contributed by atoms with van der Waals surface area (Å²) in [5.41, 5.74) is 0.327. The van der Waals surface area contributed by atoms with Crippen molar-refractivity contribution in [2.24, 2.45) is 0 Å². The van der Waals surface area contributed by atoms with E-state index in [1.807, 2.05) is 0 Å². The third-order valence-electron chi connectivity index (χ3n) is 1.71. The van der Waals surface area contributed by atoms with Crippen LogP contribution in [0.25, 0.3) is 0 Å². The number of ketones is 1. The summed E-state index contributed by atoms with van der Waals surface area (Å²) in [6.07, 6.45) is 0. The van der Waals surface area contributed by atoms with E-state index in [2.05, 4.69) is 21.2 Å². The highest BCUT2D eigenvalue weighted by Crippen LogP contribution is 2.10. The van der Waals surface area contributed by atoms with E-state index in [1.165, 1.54) is 0 Å². The molecule has 0 saturated carbocycles. The lowest BCUT2D eigenvalue weighted by Crippen LogP contribution is -2.33. The van der Waals surface area contributed by atoms with Crippen molar-refractivity contribution < 1.29 is 14.7 Å². The maximum absolute atomic E-state index is 11.5. The fraction of sp³-hybridized carbons (Fsp3) is 0.200. The van der Waals surface area contributed by atoms with Gasteiger partial charge in [0.15, 0.2) is 0 Å². The molecule has 0 atom stereocenters. The van der Waals surface area contributed by atoms with Gasteiger partial charge in [-0.15, -0.1) is 0 Å². The molecule has 15 heavy (non-hydrogen) atoms. The SMILES string of the molecule is O=C(NCCO)C(=O)c1ccc(Br)cc1. The number of amides is 1. The quantitative estimate of drug-likeness (QED) is 0.627. The van der Waals surface area contributed by atoms with Gasteiger partial charge in [0.2, 0.25) is 5.78 Å². The van der Waals surface area contributed by atoms with Crippen molar-refractivity contribution >= 4 is 27.6 Å².